The zero-order chi connectivity index (χ0) is 12.9. The highest BCUT2D eigenvalue weighted by molar-refractivity contribution is 5.32. The topological polar surface area (TPSA) is 18.5 Å². The van der Waals surface area contributed by atoms with Gasteiger partial charge >= 0.3 is 0 Å². The molecule has 0 amide bonds. The van der Waals surface area contributed by atoms with Gasteiger partial charge in [-0.3, -0.25) is 0 Å². The van der Waals surface area contributed by atoms with Crippen LogP contribution in [0.25, 0.3) is 0 Å². The lowest BCUT2D eigenvalue weighted by atomic mass is 9.54. The maximum Gasteiger partial charge on any atom is 0.120 e. The van der Waals surface area contributed by atoms with Crippen molar-refractivity contribution in [3.8, 4) is 11.5 Å². The van der Waals surface area contributed by atoms with Gasteiger partial charge in [0.15, 0.2) is 0 Å². The third kappa shape index (κ3) is 2.01. The van der Waals surface area contributed by atoms with Crippen LogP contribution in [-0.4, -0.2) is 12.7 Å². The number of rotatable bonds is 3. The Labute approximate surface area is 115 Å². The quantitative estimate of drug-likeness (QED) is 0.814. The van der Waals surface area contributed by atoms with Gasteiger partial charge in [-0.1, -0.05) is 0 Å². The van der Waals surface area contributed by atoms with Gasteiger partial charge in [0.25, 0.3) is 0 Å². The van der Waals surface area contributed by atoms with E-state index in [1.165, 1.54) is 38.5 Å². The van der Waals surface area contributed by atoms with E-state index in [-0.39, 0.29) is 5.60 Å². The molecule has 0 heterocycles. The SMILES string of the molecule is COc1ccc(OC23CC4CC(CC(C4)C2)C3)cc1. The maximum absolute atomic E-state index is 6.46. The number of hydrogen-bond acceptors (Lipinski definition) is 2. The number of benzene rings is 1. The van der Waals surface area contributed by atoms with Gasteiger partial charge < -0.3 is 9.47 Å². The molecule has 1 aromatic carbocycles. The molecule has 0 aliphatic heterocycles. The highest BCUT2D eigenvalue weighted by Gasteiger charge is 2.52. The fourth-order valence-corrected chi connectivity index (χ4v) is 5.05. The molecule has 4 aliphatic carbocycles. The molecule has 4 saturated carbocycles. The third-order valence-corrected chi connectivity index (χ3v) is 5.38. The van der Waals surface area contributed by atoms with Crippen LogP contribution in [0.3, 0.4) is 0 Å². The minimum atomic E-state index is 0.156. The summed E-state index contributed by atoms with van der Waals surface area (Å²) in [6.07, 6.45) is 8.24. The second-order valence-corrected chi connectivity index (χ2v) is 6.88. The molecular weight excluding hydrogens is 236 g/mol. The van der Waals surface area contributed by atoms with Crippen LogP contribution in [0, 0.1) is 17.8 Å². The Kier molecular flexibility index (Phi) is 2.54. The molecule has 2 nitrogen and oxygen atoms in total. The van der Waals surface area contributed by atoms with Crippen LogP contribution in [0.1, 0.15) is 38.5 Å². The van der Waals surface area contributed by atoms with Crippen molar-refractivity contribution in [3.63, 3.8) is 0 Å². The van der Waals surface area contributed by atoms with E-state index >= 15 is 0 Å². The van der Waals surface area contributed by atoms with E-state index < -0.39 is 0 Å². The fourth-order valence-electron chi connectivity index (χ4n) is 5.05. The van der Waals surface area contributed by atoms with Crippen molar-refractivity contribution >= 4 is 0 Å². The monoisotopic (exact) mass is 258 g/mol. The summed E-state index contributed by atoms with van der Waals surface area (Å²) in [4.78, 5) is 0. The molecule has 4 fully saturated rings. The Balaban J connectivity index is 1.55. The second kappa shape index (κ2) is 4.16. The molecule has 0 atom stereocenters. The minimum Gasteiger partial charge on any atom is -0.497 e. The first-order valence-electron chi connectivity index (χ1n) is 7.58. The van der Waals surface area contributed by atoms with E-state index in [1.807, 2.05) is 12.1 Å². The Bertz CT molecular complexity index is 427. The second-order valence-electron chi connectivity index (χ2n) is 6.88. The highest BCUT2D eigenvalue weighted by Crippen LogP contribution is 2.57. The van der Waals surface area contributed by atoms with Gasteiger partial charge in [0.2, 0.25) is 0 Å². The van der Waals surface area contributed by atoms with E-state index in [1.54, 1.807) is 7.11 Å². The molecule has 0 radical (unpaired) electrons. The summed E-state index contributed by atoms with van der Waals surface area (Å²) in [7, 11) is 1.70. The minimum absolute atomic E-state index is 0.156. The Morgan fingerprint density at radius 1 is 0.842 bits per heavy atom. The standard InChI is InChI=1S/C17H22O2/c1-18-15-2-4-16(5-3-15)19-17-9-12-6-13(10-17)8-14(7-12)11-17/h2-5,12-14H,6-11H2,1H3. The van der Waals surface area contributed by atoms with Crippen molar-refractivity contribution in [1.82, 2.24) is 0 Å². The van der Waals surface area contributed by atoms with E-state index in [0.717, 1.165) is 29.3 Å². The third-order valence-electron chi connectivity index (χ3n) is 5.38. The van der Waals surface area contributed by atoms with Gasteiger partial charge in [-0.25, -0.2) is 0 Å². The molecule has 0 aromatic heterocycles. The van der Waals surface area contributed by atoms with Gasteiger partial charge in [0, 0.05) is 0 Å². The van der Waals surface area contributed by atoms with Gasteiger partial charge in [-0.15, -0.1) is 0 Å². The predicted octanol–water partition coefficient (Wildman–Crippen LogP) is 4.04. The number of ether oxygens (including phenoxy) is 2. The Morgan fingerprint density at radius 2 is 1.32 bits per heavy atom. The highest BCUT2D eigenvalue weighted by atomic mass is 16.5. The van der Waals surface area contributed by atoms with Gasteiger partial charge in [0.1, 0.15) is 17.1 Å². The zero-order valence-electron chi connectivity index (χ0n) is 11.6. The van der Waals surface area contributed by atoms with Crippen molar-refractivity contribution in [2.45, 2.75) is 44.1 Å². The smallest absolute Gasteiger partial charge is 0.120 e. The summed E-state index contributed by atoms with van der Waals surface area (Å²) in [5, 5.41) is 0. The van der Waals surface area contributed by atoms with Crippen LogP contribution in [0.5, 0.6) is 11.5 Å². The van der Waals surface area contributed by atoms with Crippen LogP contribution in [-0.2, 0) is 0 Å². The molecule has 2 heteroatoms. The van der Waals surface area contributed by atoms with E-state index in [0.29, 0.717) is 0 Å². The molecule has 0 unspecified atom stereocenters. The molecule has 19 heavy (non-hydrogen) atoms. The molecule has 4 aliphatic rings. The van der Waals surface area contributed by atoms with Crippen molar-refractivity contribution in [1.29, 1.82) is 0 Å². The summed E-state index contributed by atoms with van der Waals surface area (Å²) >= 11 is 0. The lowest BCUT2D eigenvalue weighted by Crippen LogP contribution is -2.53. The Morgan fingerprint density at radius 3 is 1.79 bits per heavy atom. The van der Waals surface area contributed by atoms with Crippen molar-refractivity contribution in [2.75, 3.05) is 7.11 Å². The van der Waals surface area contributed by atoms with Crippen LogP contribution in [0.2, 0.25) is 0 Å². The van der Waals surface area contributed by atoms with Crippen LogP contribution in [0.15, 0.2) is 24.3 Å². The van der Waals surface area contributed by atoms with E-state index in [2.05, 4.69) is 12.1 Å². The molecule has 0 N–H and O–H groups in total. The Hall–Kier alpha value is -1.18. The average Bonchev–Trinajstić information content (AvgIpc) is 2.37. The summed E-state index contributed by atoms with van der Waals surface area (Å²) in [5.74, 6) is 4.72. The van der Waals surface area contributed by atoms with E-state index in [4.69, 9.17) is 9.47 Å². The summed E-state index contributed by atoms with van der Waals surface area (Å²) in [6.45, 7) is 0. The van der Waals surface area contributed by atoms with Crippen LogP contribution >= 0.6 is 0 Å². The van der Waals surface area contributed by atoms with E-state index in [9.17, 15) is 0 Å². The van der Waals surface area contributed by atoms with Gasteiger partial charge in [0.05, 0.1) is 7.11 Å². The summed E-state index contributed by atoms with van der Waals surface area (Å²) < 4.78 is 11.7. The first kappa shape index (κ1) is 11.6. The maximum atomic E-state index is 6.46. The molecule has 1 aromatic rings. The molecule has 5 rings (SSSR count). The largest absolute Gasteiger partial charge is 0.497 e. The van der Waals surface area contributed by atoms with Crippen molar-refractivity contribution < 1.29 is 9.47 Å². The number of methoxy groups -OCH3 is 1. The van der Waals surface area contributed by atoms with Crippen LogP contribution in [0.4, 0.5) is 0 Å². The molecule has 0 saturated heterocycles. The predicted molar refractivity (Wildman–Crippen MR) is 74.5 cm³/mol. The average molecular weight is 258 g/mol. The number of hydrogen-bond donors (Lipinski definition) is 0. The zero-order valence-corrected chi connectivity index (χ0v) is 11.6. The lowest BCUT2D eigenvalue weighted by Gasteiger charge is -2.56. The molecule has 4 bridgehead atoms. The summed E-state index contributed by atoms with van der Waals surface area (Å²) in [5.41, 5.74) is 0.156. The normalized spacial score (nSPS) is 39.3. The first-order valence-corrected chi connectivity index (χ1v) is 7.58. The first-order chi connectivity index (χ1) is 9.25. The van der Waals surface area contributed by atoms with Crippen molar-refractivity contribution in [2.24, 2.45) is 17.8 Å². The molecule has 0 spiro atoms. The summed E-state index contributed by atoms with van der Waals surface area (Å²) in [6, 6.07) is 8.10. The fraction of sp³-hybridized carbons (Fsp3) is 0.647. The molecule has 102 valence electrons. The van der Waals surface area contributed by atoms with Gasteiger partial charge in [-0.05, 0) is 80.5 Å². The van der Waals surface area contributed by atoms with Crippen LogP contribution < -0.4 is 9.47 Å². The van der Waals surface area contributed by atoms with Gasteiger partial charge in [-0.2, -0.15) is 0 Å². The van der Waals surface area contributed by atoms with Crippen molar-refractivity contribution in [3.05, 3.63) is 24.3 Å². The lowest BCUT2D eigenvalue weighted by molar-refractivity contribution is -0.107. The molecular formula is C17H22O2.